The number of fused-ring (bicyclic) bond motifs is 1. The number of anilines is 1. The first-order chi connectivity index (χ1) is 10.3. The van der Waals surface area contributed by atoms with Gasteiger partial charge in [-0.05, 0) is 44.7 Å². The molecule has 1 unspecified atom stereocenters. The fraction of sp³-hybridized carbons (Fsp3) is 0.529. The van der Waals surface area contributed by atoms with Gasteiger partial charge in [-0.15, -0.1) is 0 Å². The topological polar surface area (TPSA) is 55.6 Å². The molecule has 0 amide bonds. The van der Waals surface area contributed by atoms with Gasteiger partial charge in [0, 0.05) is 35.5 Å². The average molecular weight is 304 g/mol. The van der Waals surface area contributed by atoms with E-state index < -0.39 is 4.92 Å². The van der Waals surface area contributed by atoms with Crippen LogP contribution in [0.2, 0.25) is 0 Å². The summed E-state index contributed by atoms with van der Waals surface area (Å²) in [6.07, 6.45) is 3.51. The van der Waals surface area contributed by atoms with Crippen LogP contribution in [0.25, 0.3) is 6.08 Å². The Morgan fingerprint density at radius 1 is 1.50 bits per heavy atom. The molecule has 1 aliphatic heterocycles. The zero-order valence-corrected chi connectivity index (χ0v) is 13.9. The quantitative estimate of drug-likeness (QED) is 0.622. The lowest BCUT2D eigenvalue weighted by atomic mass is 9.79. The molecule has 5 nitrogen and oxygen atoms in total. The Balaban J connectivity index is 2.58. The second-order valence-electron chi connectivity index (χ2n) is 6.42. The SMILES string of the molecule is CCN1c2cc(OC)c(/C=C/[N+](=O)[O-])cc2C(C)CC1(C)C. The molecule has 1 aliphatic rings. The van der Waals surface area contributed by atoms with Gasteiger partial charge in [0.1, 0.15) is 5.75 Å². The Kier molecular flexibility index (Phi) is 4.44. The maximum absolute atomic E-state index is 10.6. The van der Waals surface area contributed by atoms with E-state index in [-0.39, 0.29) is 5.54 Å². The molecule has 0 saturated carbocycles. The highest BCUT2D eigenvalue weighted by atomic mass is 16.6. The molecular weight excluding hydrogens is 280 g/mol. The van der Waals surface area contributed by atoms with Gasteiger partial charge in [-0.3, -0.25) is 10.1 Å². The van der Waals surface area contributed by atoms with Gasteiger partial charge in [0.05, 0.1) is 12.0 Å². The van der Waals surface area contributed by atoms with E-state index in [1.807, 2.05) is 12.1 Å². The number of hydrogen-bond donors (Lipinski definition) is 0. The molecular formula is C17H24N2O3. The lowest BCUT2D eigenvalue weighted by molar-refractivity contribution is -0.400. The van der Waals surface area contributed by atoms with Crippen molar-refractivity contribution in [1.82, 2.24) is 0 Å². The van der Waals surface area contributed by atoms with E-state index in [1.54, 1.807) is 7.11 Å². The van der Waals surface area contributed by atoms with Crippen molar-refractivity contribution in [2.45, 2.75) is 45.6 Å². The maximum Gasteiger partial charge on any atom is 0.235 e. The minimum absolute atomic E-state index is 0.0877. The van der Waals surface area contributed by atoms with Gasteiger partial charge in [0.25, 0.3) is 0 Å². The fourth-order valence-electron chi connectivity index (χ4n) is 3.57. The normalized spacial score (nSPS) is 20.0. The summed E-state index contributed by atoms with van der Waals surface area (Å²) in [6, 6.07) is 4.03. The second-order valence-corrected chi connectivity index (χ2v) is 6.42. The Bertz CT molecular complexity index is 608. The first kappa shape index (κ1) is 16.3. The van der Waals surface area contributed by atoms with E-state index in [0.717, 1.165) is 24.7 Å². The predicted octanol–water partition coefficient (Wildman–Crippen LogP) is 4.05. The zero-order chi connectivity index (χ0) is 16.5. The minimum Gasteiger partial charge on any atom is -0.496 e. The van der Waals surface area contributed by atoms with Crippen LogP contribution in [0.3, 0.4) is 0 Å². The molecule has 1 atom stereocenters. The smallest absolute Gasteiger partial charge is 0.235 e. The average Bonchev–Trinajstić information content (AvgIpc) is 2.43. The summed E-state index contributed by atoms with van der Waals surface area (Å²) < 4.78 is 5.44. The van der Waals surface area contributed by atoms with E-state index in [4.69, 9.17) is 4.74 Å². The lowest BCUT2D eigenvalue weighted by Crippen LogP contribution is -2.48. The van der Waals surface area contributed by atoms with Gasteiger partial charge in [-0.25, -0.2) is 0 Å². The summed E-state index contributed by atoms with van der Waals surface area (Å²) >= 11 is 0. The summed E-state index contributed by atoms with van der Waals surface area (Å²) in [4.78, 5) is 12.5. The fourth-order valence-corrected chi connectivity index (χ4v) is 3.57. The zero-order valence-electron chi connectivity index (χ0n) is 13.9. The largest absolute Gasteiger partial charge is 0.496 e. The van der Waals surface area contributed by atoms with Crippen LogP contribution in [0, 0.1) is 10.1 Å². The first-order valence-corrected chi connectivity index (χ1v) is 7.61. The maximum atomic E-state index is 10.6. The third-order valence-electron chi connectivity index (χ3n) is 4.43. The Labute approximate surface area is 131 Å². The minimum atomic E-state index is -0.455. The van der Waals surface area contributed by atoms with Gasteiger partial charge < -0.3 is 9.64 Å². The first-order valence-electron chi connectivity index (χ1n) is 7.61. The van der Waals surface area contributed by atoms with Gasteiger partial charge in [-0.1, -0.05) is 6.92 Å². The van der Waals surface area contributed by atoms with Crippen LogP contribution in [-0.4, -0.2) is 24.1 Å². The third kappa shape index (κ3) is 2.93. The highest BCUT2D eigenvalue weighted by Crippen LogP contribution is 2.45. The number of methoxy groups -OCH3 is 1. The van der Waals surface area contributed by atoms with Crippen molar-refractivity contribution < 1.29 is 9.66 Å². The van der Waals surface area contributed by atoms with E-state index in [9.17, 15) is 10.1 Å². The van der Waals surface area contributed by atoms with Crippen molar-refractivity contribution in [3.63, 3.8) is 0 Å². The molecule has 0 aromatic heterocycles. The molecule has 5 heteroatoms. The van der Waals surface area contributed by atoms with Crippen LogP contribution in [0.4, 0.5) is 5.69 Å². The Hall–Kier alpha value is -2.04. The van der Waals surface area contributed by atoms with Crippen molar-refractivity contribution in [3.8, 4) is 5.75 Å². The molecule has 0 aliphatic carbocycles. The molecule has 0 radical (unpaired) electrons. The number of benzene rings is 1. The highest BCUT2D eigenvalue weighted by molar-refractivity contribution is 5.69. The number of rotatable bonds is 4. The van der Waals surface area contributed by atoms with Gasteiger partial charge in [0.15, 0.2) is 0 Å². The number of nitrogens with zero attached hydrogens (tertiary/aromatic N) is 2. The van der Waals surface area contributed by atoms with Crippen molar-refractivity contribution in [1.29, 1.82) is 0 Å². The summed E-state index contributed by atoms with van der Waals surface area (Å²) in [5, 5.41) is 10.6. The van der Waals surface area contributed by atoms with E-state index in [1.165, 1.54) is 17.3 Å². The van der Waals surface area contributed by atoms with Crippen LogP contribution >= 0.6 is 0 Å². The molecule has 22 heavy (non-hydrogen) atoms. The van der Waals surface area contributed by atoms with Crippen molar-refractivity contribution in [2.24, 2.45) is 0 Å². The van der Waals surface area contributed by atoms with E-state index >= 15 is 0 Å². The molecule has 120 valence electrons. The van der Waals surface area contributed by atoms with Gasteiger partial charge in [-0.2, -0.15) is 0 Å². The van der Waals surface area contributed by atoms with E-state index in [2.05, 4.69) is 32.6 Å². The van der Waals surface area contributed by atoms with Crippen molar-refractivity contribution in [2.75, 3.05) is 18.6 Å². The van der Waals surface area contributed by atoms with Crippen LogP contribution in [-0.2, 0) is 0 Å². The molecule has 2 rings (SSSR count). The monoisotopic (exact) mass is 304 g/mol. The number of nitro groups is 1. The lowest BCUT2D eigenvalue weighted by Gasteiger charge is -2.47. The van der Waals surface area contributed by atoms with Crippen molar-refractivity contribution >= 4 is 11.8 Å². The standard InChI is InChI=1S/C17H24N2O3/c1-6-18-15-10-16(22-5)13(7-8-19(20)21)9-14(15)12(2)11-17(18,3)4/h7-10,12H,6,11H2,1-5H3/b8-7+. The molecule has 0 fully saturated rings. The molecule has 0 saturated heterocycles. The molecule has 1 aromatic rings. The Morgan fingerprint density at radius 2 is 2.18 bits per heavy atom. The third-order valence-corrected chi connectivity index (χ3v) is 4.43. The van der Waals surface area contributed by atoms with Crippen LogP contribution in [0.5, 0.6) is 5.75 Å². The second kappa shape index (κ2) is 5.99. The van der Waals surface area contributed by atoms with Crippen LogP contribution in [0.1, 0.15) is 51.2 Å². The van der Waals surface area contributed by atoms with E-state index in [0.29, 0.717) is 11.7 Å². The van der Waals surface area contributed by atoms with Gasteiger partial charge in [0.2, 0.25) is 6.20 Å². The molecule has 0 spiro atoms. The number of ether oxygens (including phenoxy) is 1. The summed E-state index contributed by atoms with van der Waals surface area (Å²) in [6.45, 7) is 9.78. The molecule has 1 heterocycles. The molecule has 0 N–H and O–H groups in total. The highest BCUT2D eigenvalue weighted by Gasteiger charge is 2.36. The number of hydrogen-bond acceptors (Lipinski definition) is 4. The van der Waals surface area contributed by atoms with Crippen LogP contribution in [0.15, 0.2) is 18.3 Å². The summed E-state index contributed by atoms with van der Waals surface area (Å²) in [7, 11) is 1.60. The Morgan fingerprint density at radius 3 is 2.73 bits per heavy atom. The van der Waals surface area contributed by atoms with Crippen LogP contribution < -0.4 is 9.64 Å². The van der Waals surface area contributed by atoms with Gasteiger partial charge >= 0.3 is 0 Å². The summed E-state index contributed by atoms with van der Waals surface area (Å²) in [5.41, 5.74) is 3.23. The molecule has 1 aromatic carbocycles. The molecule has 0 bridgehead atoms. The van der Waals surface area contributed by atoms with Crippen molar-refractivity contribution in [3.05, 3.63) is 39.6 Å². The predicted molar refractivity (Wildman–Crippen MR) is 89.2 cm³/mol. The summed E-state index contributed by atoms with van der Waals surface area (Å²) in [5.74, 6) is 1.07.